The maximum atomic E-state index is 12.5. The molecule has 1 aliphatic heterocycles. The van der Waals surface area contributed by atoms with Gasteiger partial charge in [-0.05, 0) is 43.5 Å². The Kier molecular flexibility index (Phi) is 13.7. The maximum Gasteiger partial charge on any atom is 0.410 e. The number of cyclic esters (lactones) is 1. The molecule has 200 valence electrons. The van der Waals surface area contributed by atoms with Gasteiger partial charge in [-0.25, -0.2) is 4.79 Å². The predicted octanol–water partition coefficient (Wildman–Crippen LogP) is 7.83. The number of aromatic nitrogens is 1. The van der Waals surface area contributed by atoms with Crippen LogP contribution in [-0.4, -0.2) is 28.6 Å². The number of hydrogen-bond acceptors (Lipinski definition) is 4. The number of nitrogens with zero attached hydrogens (tertiary/aromatic N) is 2. The molecule has 1 amide bonds. The summed E-state index contributed by atoms with van der Waals surface area (Å²) in [6.07, 6.45) is 2.41. The second-order valence-corrected chi connectivity index (χ2v) is 9.08. The minimum atomic E-state index is -0.504. The quantitative estimate of drug-likeness (QED) is 0.296. The van der Waals surface area contributed by atoms with E-state index in [0.717, 1.165) is 23.1 Å². The van der Waals surface area contributed by atoms with Gasteiger partial charge in [0.15, 0.2) is 0 Å². The molecule has 1 fully saturated rings. The van der Waals surface area contributed by atoms with Crippen LogP contribution in [0, 0.1) is 16.7 Å². The second-order valence-electron chi connectivity index (χ2n) is 9.08. The molecule has 2 heterocycles. The van der Waals surface area contributed by atoms with Crippen LogP contribution in [0.3, 0.4) is 0 Å². The van der Waals surface area contributed by atoms with Crippen LogP contribution in [0.25, 0.3) is 11.1 Å². The molecule has 4 rings (SSSR count). The number of nitrogens with one attached hydrogen (secondary N) is 1. The summed E-state index contributed by atoms with van der Waals surface area (Å²) in [4.78, 5) is 28.1. The van der Waals surface area contributed by atoms with Gasteiger partial charge in [0.05, 0.1) is 17.5 Å². The van der Waals surface area contributed by atoms with Crippen molar-refractivity contribution in [2.45, 2.75) is 59.6 Å². The van der Waals surface area contributed by atoms with Gasteiger partial charge in [-0.15, -0.1) is 24.0 Å². The molecule has 1 aromatic heterocycles. The van der Waals surface area contributed by atoms with Crippen LogP contribution in [0.1, 0.15) is 60.5 Å². The molecule has 0 unspecified atom stereocenters. The summed E-state index contributed by atoms with van der Waals surface area (Å²) in [5.41, 5.74) is 2.30. The van der Waals surface area contributed by atoms with Crippen molar-refractivity contribution < 1.29 is 11.0 Å². The fourth-order valence-electron chi connectivity index (χ4n) is 3.86. The molecule has 1 N–H and O–H groups in total. The molecule has 2 aromatic carbocycles. The van der Waals surface area contributed by atoms with E-state index >= 15 is 0 Å². The van der Waals surface area contributed by atoms with E-state index in [4.69, 9.17) is 4.74 Å². The smallest absolute Gasteiger partial charge is 0.410 e. The normalized spacial score (nSPS) is 15.3. The Hall–Kier alpha value is -3.12. The summed E-state index contributed by atoms with van der Waals surface area (Å²) in [6, 6.07) is 25.4. The fourth-order valence-corrected chi connectivity index (χ4v) is 3.86. The van der Waals surface area contributed by atoms with E-state index in [1.54, 1.807) is 17.2 Å². The van der Waals surface area contributed by atoms with Crippen LogP contribution in [0.4, 0.5) is 4.79 Å². The third-order valence-corrected chi connectivity index (χ3v) is 5.88. The van der Waals surface area contributed by atoms with Crippen LogP contribution >= 0.6 is 24.0 Å². The summed E-state index contributed by atoms with van der Waals surface area (Å²) in [5, 5.41) is 9.18. The van der Waals surface area contributed by atoms with Crippen molar-refractivity contribution >= 4 is 30.1 Å². The first-order valence-electron chi connectivity index (χ1n) is 12.5. The lowest BCUT2D eigenvalue weighted by atomic mass is 9.87. The molecular weight excluding hydrogens is 577 g/mol. The number of H-pyrrole nitrogens is 1. The Bertz CT molecular complexity index is 1130. The molecule has 0 aliphatic carbocycles. The van der Waals surface area contributed by atoms with Crippen molar-refractivity contribution in [3.8, 4) is 17.2 Å². The number of pyridine rings is 1. The fraction of sp³-hybridized carbons (Fsp3) is 0.367. The number of rotatable bonds is 5. The number of benzene rings is 2. The van der Waals surface area contributed by atoms with Crippen molar-refractivity contribution in [1.29, 1.82) is 5.26 Å². The molecule has 37 heavy (non-hydrogen) atoms. The molecule has 2 atom stereocenters. The van der Waals surface area contributed by atoms with E-state index in [1.807, 2.05) is 95.3 Å². The zero-order chi connectivity index (χ0) is 26.6. The third kappa shape index (κ3) is 10.0. The topological polar surface area (TPSA) is 86.2 Å². The van der Waals surface area contributed by atoms with Gasteiger partial charge in [0, 0.05) is 33.1 Å². The Morgan fingerprint density at radius 1 is 1.03 bits per heavy atom. The number of halogens is 1. The van der Waals surface area contributed by atoms with Gasteiger partial charge in [0.2, 0.25) is 5.56 Å². The number of carbonyl (C=O) groups excluding carboxylic acids is 1. The first-order valence-corrected chi connectivity index (χ1v) is 12.5. The number of nitriles is 1. The van der Waals surface area contributed by atoms with Crippen molar-refractivity contribution in [2.24, 2.45) is 5.41 Å². The SMILES string of the molecule is CC.C[C@@H](c1ccc(-c2ccc(=O)[nH]c2)cc1)N1CC[C@@H](CC(C)(C)C#N)OC1=O.I.[HH].c1ccccc1. The number of ether oxygens (including phenoxy) is 1. The zero-order valence-electron chi connectivity index (χ0n) is 22.3. The third-order valence-electron chi connectivity index (χ3n) is 5.88. The summed E-state index contributed by atoms with van der Waals surface area (Å²) >= 11 is 0. The van der Waals surface area contributed by atoms with Gasteiger partial charge < -0.3 is 14.6 Å². The lowest BCUT2D eigenvalue weighted by molar-refractivity contribution is 0.000797. The molecule has 0 radical (unpaired) electrons. The number of hydrogen-bond donors (Lipinski definition) is 1. The summed E-state index contributed by atoms with van der Waals surface area (Å²) in [7, 11) is 0. The van der Waals surface area contributed by atoms with Crippen molar-refractivity contribution in [1.82, 2.24) is 9.88 Å². The predicted molar refractivity (Wildman–Crippen MR) is 162 cm³/mol. The number of amides is 1. The van der Waals surface area contributed by atoms with Gasteiger partial charge in [0.1, 0.15) is 6.10 Å². The average Bonchev–Trinajstić information content (AvgIpc) is 2.91. The maximum absolute atomic E-state index is 12.5. The molecule has 7 heteroatoms. The largest absolute Gasteiger partial charge is 0.446 e. The molecule has 1 saturated heterocycles. The van der Waals surface area contributed by atoms with Crippen LogP contribution in [0.5, 0.6) is 0 Å². The highest BCUT2D eigenvalue weighted by molar-refractivity contribution is 14.0. The van der Waals surface area contributed by atoms with Gasteiger partial charge in [0.25, 0.3) is 0 Å². The van der Waals surface area contributed by atoms with Gasteiger partial charge in [-0.1, -0.05) is 74.5 Å². The molecule has 3 aromatic rings. The highest BCUT2D eigenvalue weighted by Crippen LogP contribution is 2.31. The van der Waals surface area contributed by atoms with Crippen molar-refractivity contribution in [2.75, 3.05) is 6.54 Å². The van der Waals surface area contributed by atoms with Gasteiger partial charge in [-0.3, -0.25) is 4.79 Å². The number of aromatic amines is 1. The van der Waals surface area contributed by atoms with E-state index < -0.39 is 5.41 Å². The lowest BCUT2D eigenvalue weighted by Gasteiger charge is -2.37. The molecule has 6 nitrogen and oxygen atoms in total. The lowest BCUT2D eigenvalue weighted by Crippen LogP contribution is -2.44. The van der Waals surface area contributed by atoms with Crippen molar-refractivity contribution in [3.63, 3.8) is 0 Å². The highest BCUT2D eigenvalue weighted by Gasteiger charge is 2.34. The second kappa shape index (κ2) is 15.9. The first-order chi connectivity index (χ1) is 17.3. The highest BCUT2D eigenvalue weighted by atomic mass is 127. The standard InChI is InChI=1S/C22H25N3O3.C6H6.C2H6.HI.H2/c1-15(25-11-10-19(28-21(25)27)12-22(2,3)14-23)16-4-6-17(7-5-16)18-8-9-20(26)24-13-18;1-2-4-6-5-3-1;1-2;;/h4-9,13,15,19H,10-12H2,1-3H3,(H,24,26);1-6H;1-2H3;2*1H/t15-,19-;;;;/m0..../s1. The van der Waals surface area contributed by atoms with E-state index in [9.17, 15) is 14.9 Å². The van der Waals surface area contributed by atoms with E-state index in [-0.39, 0.29) is 49.2 Å². The molecular formula is C30H40IN3O3. The number of carbonyl (C=O) groups is 1. The van der Waals surface area contributed by atoms with Gasteiger partial charge in [-0.2, -0.15) is 5.26 Å². The van der Waals surface area contributed by atoms with Crippen LogP contribution in [0.15, 0.2) is 83.8 Å². The summed E-state index contributed by atoms with van der Waals surface area (Å²) in [5.74, 6) is 0. The summed E-state index contributed by atoms with van der Waals surface area (Å²) < 4.78 is 5.59. The summed E-state index contributed by atoms with van der Waals surface area (Å²) in [6.45, 7) is 10.3. The first kappa shape index (κ1) is 31.9. The monoisotopic (exact) mass is 617 g/mol. The Morgan fingerprint density at radius 3 is 2.03 bits per heavy atom. The molecule has 0 bridgehead atoms. The Labute approximate surface area is 239 Å². The van der Waals surface area contributed by atoms with E-state index in [0.29, 0.717) is 13.0 Å². The van der Waals surface area contributed by atoms with E-state index in [1.165, 1.54) is 6.07 Å². The molecule has 0 spiro atoms. The van der Waals surface area contributed by atoms with Crippen molar-refractivity contribution in [3.05, 3.63) is 94.9 Å². The minimum Gasteiger partial charge on any atom is -0.446 e. The van der Waals surface area contributed by atoms with Crippen LogP contribution in [0.2, 0.25) is 0 Å². The Morgan fingerprint density at radius 2 is 1.57 bits per heavy atom. The van der Waals surface area contributed by atoms with Crippen LogP contribution in [-0.2, 0) is 4.74 Å². The minimum absolute atomic E-state index is 0. The molecule has 1 aliphatic rings. The van der Waals surface area contributed by atoms with Crippen LogP contribution < -0.4 is 5.56 Å². The molecule has 0 saturated carbocycles. The van der Waals surface area contributed by atoms with E-state index in [2.05, 4.69) is 11.1 Å². The van der Waals surface area contributed by atoms with Gasteiger partial charge >= 0.3 is 6.09 Å². The Balaban J connectivity index is 0.00000119. The zero-order valence-corrected chi connectivity index (χ0v) is 24.6. The average molecular weight is 618 g/mol.